The van der Waals surface area contributed by atoms with Gasteiger partial charge in [-0.25, -0.2) is 4.39 Å². The molecule has 0 unspecified atom stereocenters. The fourth-order valence-corrected chi connectivity index (χ4v) is 3.89. The summed E-state index contributed by atoms with van der Waals surface area (Å²) >= 11 is 5.71. The summed E-state index contributed by atoms with van der Waals surface area (Å²) in [6.45, 7) is 9.24. The van der Waals surface area contributed by atoms with Crippen LogP contribution in [-0.2, 0) is 0 Å². The maximum Gasteiger partial charge on any atom is 0.143 e. The zero-order valence-corrected chi connectivity index (χ0v) is 12.9. The first-order chi connectivity index (χ1) is 8.67. The molecule has 1 aromatic rings. The lowest BCUT2D eigenvalue weighted by Crippen LogP contribution is -2.40. The van der Waals surface area contributed by atoms with Gasteiger partial charge in [-0.1, -0.05) is 39.3 Å². The maximum absolute atomic E-state index is 13.5. The van der Waals surface area contributed by atoms with Crippen molar-refractivity contribution in [2.75, 3.05) is 5.32 Å². The van der Waals surface area contributed by atoms with Crippen LogP contribution in [0.2, 0.25) is 5.02 Å². The summed E-state index contributed by atoms with van der Waals surface area (Å²) < 4.78 is 13.5. The fraction of sp³-hybridized carbons (Fsp3) is 0.625. The summed E-state index contributed by atoms with van der Waals surface area (Å²) in [5.74, 6) is -0.360. The van der Waals surface area contributed by atoms with Gasteiger partial charge >= 0.3 is 0 Å². The second kappa shape index (κ2) is 4.97. The fourth-order valence-electron chi connectivity index (χ4n) is 3.77. The Hall–Kier alpha value is -0.760. The summed E-state index contributed by atoms with van der Waals surface area (Å²) in [6, 6.07) is 5.33. The maximum atomic E-state index is 13.5. The van der Waals surface area contributed by atoms with Crippen molar-refractivity contribution in [3.8, 4) is 0 Å². The van der Waals surface area contributed by atoms with E-state index in [9.17, 15) is 4.39 Å². The summed E-state index contributed by atoms with van der Waals surface area (Å²) in [4.78, 5) is 0. The third-order valence-electron chi connectivity index (χ3n) is 3.85. The van der Waals surface area contributed by atoms with Gasteiger partial charge in [0.05, 0.1) is 5.02 Å². The third kappa shape index (κ3) is 3.85. The highest BCUT2D eigenvalue weighted by Crippen LogP contribution is 2.46. The molecular formula is C16H23ClFN. The molecule has 1 aromatic carbocycles. The van der Waals surface area contributed by atoms with Crippen molar-refractivity contribution in [1.29, 1.82) is 0 Å². The third-order valence-corrected chi connectivity index (χ3v) is 4.15. The number of anilines is 1. The van der Waals surface area contributed by atoms with E-state index < -0.39 is 0 Å². The smallest absolute Gasteiger partial charge is 0.143 e. The van der Waals surface area contributed by atoms with Crippen LogP contribution < -0.4 is 5.32 Å². The molecule has 19 heavy (non-hydrogen) atoms. The van der Waals surface area contributed by atoms with Crippen LogP contribution >= 0.6 is 11.6 Å². The van der Waals surface area contributed by atoms with Crippen LogP contribution in [0.15, 0.2) is 18.2 Å². The molecule has 0 radical (unpaired) electrons. The molecule has 0 heterocycles. The minimum Gasteiger partial charge on any atom is -0.382 e. The van der Waals surface area contributed by atoms with E-state index in [2.05, 4.69) is 33.0 Å². The molecule has 0 aliphatic heterocycles. The molecule has 1 saturated carbocycles. The molecule has 1 aliphatic rings. The van der Waals surface area contributed by atoms with Gasteiger partial charge in [-0.3, -0.25) is 0 Å². The summed E-state index contributed by atoms with van der Waals surface area (Å²) in [5.41, 5.74) is 1.47. The standard InChI is InChI=1S/C16H23ClFN/c1-15(2)8-12(9-16(3,4)10-15)19-11-5-6-13(17)14(18)7-11/h5-7,12,19H,8-10H2,1-4H3. The molecule has 3 heteroatoms. The van der Waals surface area contributed by atoms with Gasteiger partial charge in [-0.05, 0) is 48.3 Å². The van der Waals surface area contributed by atoms with Gasteiger partial charge in [0.1, 0.15) is 5.82 Å². The van der Waals surface area contributed by atoms with E-state index in [4.69, 9.17) is 11.6 Å². The number of hydrogen-bond donors (Lipinski definition) is 1. The Morgan fingerprint density at radius 1 is 1.16 bits per heavy atom. The quantitative estimate of drug-likeness (QED) is 0.756. The van der Waals surface area contributed by atoms with Crippen LogP contribution in [0.3, 0.4) is 0 Å². The van der Waals surface area contributed by atoms with Crippen molar-refractivity contribution in [3.05, 3.63) is 29.0 Å². The van der Waals surface area contributed by atoms with Crippen LogP contribution in [0, 0.1) is 16.6 Å². The number of benzene rings is 1. The predicted molar refractivity (Wildman–Crippen MR) is 80.2 cm³/mol. The Morgan fingerprint density at radius 3 is 2.26 bits per heavy atom. The first kappa shape index (κ1) is 14.6. The average molecular weight is 284 g/mol. The summed E-state index contributed by atoms with van der Waals surface area (Å²) in [7, 11) is 0. The first-order valence-corrected chi connectivity index (χ1v) is 7.26. The number of hydrogen-bond acceptors (Lipinski definition) is 1. The van der Waals surface area contributed by atoms with Gasteiger partial charge in [0.2, 0.25) is 0 Å². The normalized spacial score (nSPS) is 22.2. The van der Waals surface area contributed by atoms with Crippen LogP contribution in [-0.4, -0.2) is 6.04 Å². The molecule has 0 amide bonds. The molecule has 0 spiro atoms. The molecule has 0 saturated heterocycles. The van der Waals surface area contributed by atoms with Crippen molar-refractivity contribution in [2.45, 2.75) is 53.0 Å². The van der Waals surface area contributed by atoms with E-state index in [0.717, 1.165) is 18.5 Å². The lowest BCUT2D eigenvalue weighted by molar-refractivity contribution is 0.105. The lowest BCUT2D eigenvalue weighted by atomic mass is 9.63. The van der Waals surface area contributed by atoms with Gasteiger partial charge in [0, 0.05) is 11.7 Å². The Balaban J connectivity index is 2.11. The monoisotopic (exact) mass is 283 g/mol. The van der Waals surface area contributed by atoms with Crippen molar-refractivity contribution in [3.63, 3.8) is 0 Å². The molecule has 1 N–H and O–H groups in total. The lowest BCUT2D eigenvalue weighted by Gasteiger charge is -2.45. The van der Waals surface area contributed by atoms with Crippen LogP contribution in [0.1, 0.15) is 47.0 Å². The van der Waals surface area contributed by atoms with E-state index >= 15 is 0 Å². The average Bonchev–Trinajstić information content (AvgIpc) is 2.18. The minimum atomic E-state index is -0.360. The summed E-state index contributed by atoms with van der Waals surface area (Å²) in [5, 5.41) is 3.64. The molecule has 1 aliphatic carbocycles. The Labute approximate surface area is 120 Å². The summed E-state index contributed by atoms with van der Waals surface area (Å²) in [6.07, 6.45) is 3.45. The van der Waals surface area contributed by atoms with Gasteiger partial charge in [0.25, 0.3) is 0 Å². The highest BCUT2D eigenvalue weighted by atomic mass is 35.5. The zero-order valence-electron chi connectivity index (χ0n) is 12.2. The highest BCUT2D eigenvalue weighted by Gasteiger charge is 2.38. The topological polar surface area (TPSA) is 12.0 Å². The molecule has 1 nitrogen and oxygen atoms in total. The van der Waals surface area contributed by atoms with Gasteiger partial charge < -0.3 is 5.32 Å². The highest BCUT2D eigenvalue weighted by molar-refractivity contribution is 6.30. The second-order valence-corrected chi connectivity index (χ2v) is 7.79. The molecule has 106 valence electrons. The van der Waals surface area contributed by atoms with Crippen molar-refractivity contribution < 1.29 is 4.39 Å². The van der Waals surface area contributed by atoms with Crippen LogP contribution in [0.25, 0.3) is 0 Å². The van der Waals surface area contributed by atoms with E-state index in [0.29, 0.717) is 16.9 Å². The van der Waals surface area contributed by atoms with Crippen LogP contribution in [0.5, 0.6) is 0 Å². The number of rotatable bonds is 2. The van der Waals surface area contributed by atoms with E-state index in [1.54, 1.807) is 6.07 Å². The number of nitrogens with one attached hydrogen (secondary N) is 1. The molecule has 2 rings (SSSR count). The van der Waals surface area contributed by atoms with E-state index in [-0.39, 0.29) is 10.8 Å². The Bertz CT molecular complexity index is 452. The van der Waals surface area contributed by atoms with Gasteiger partial charge in [-0.2, -0.15) is 0 Å². The first-order valence-electron chi connectivity index (χ1n) is 6.89. The second-order valence-electron chi connectivity index (χ2n) is 7.38. The molecule has 1 fully saturated rings. The number of halogens is 2. The van der Waals surface area contributed by atoms with Gasteiger partial charge in [0.15, 0.2) is 0 Å². The van der Waals surface area contributed by atoms with Gasteiger partial charge in [-0.15, -0.1) is 0 Å². The predicted octanol–water partition coefficient (Wildman–Crippen LogP) is 5.50. The largest absolute Gasteiger partial charge is 0.382 e. The SMILES string of the molecule is CC1(C)CC(Nc2ccc(Cl)c(F)c2)CC(C)(C)C1. The van der Waals surface area contributed by atoms with E-state index in [1.165, 1.54) is 12.5 Å². The van der Waals surface area contributed by atoms with Crippen LogP contribution in [0.4, 0.5) is 10.1 Å². The Morgan fingerprint density at radius 2 is 1.74 bits per heavy atom. The van der Waals surface area contributed by atoms with Crippen molar-refractivity contribution in [1.82, 2.24) is 0 Å². The van der Waals surface area contributed by atoms with E-state index in [1.807, 2.05) is 6.07 Å². The van der Waals surface area contributed by atoms with Crippen molar-refractivity contribution >= 4 is 17.3 Å². The zero-order chi connectivity index (χ0) is 14.3. The molecule has 0 atom stereocenters. The minimum absolute atomic E-state index is 0.176. The molecule has 0 bridgehead atoms. The Kier molecular flexibility index (Phi) is 3.83. The van der Waals surface area contributed by atoms with Crippen molar-refractivity contribution in [2.24, 2.45) is 10.8 Å². The molecular weight excluding hydrogens is 261 g/mol. The molecule has 0 aromatic heterocycles.